The van der Waals surface area contributed by atoms with E-state index in [2.05, 4.69) is 52.8 Å². The molecule has 168 valence electrons. The molecular weight excluding hydrogens is 378 g/mol. The third-order valence-electron chi connectivity index (χ3n) is 10.9. The van der Waals surface area contributed by atoms with Crippen LogP contribution in [0.4, 0.5) is 5.69 Å². The zero-order valence-corrected chi connectivity index (χ0v) is 20.2. The molecule has 1 heterocycles. The van der Waals surface area contributed by atoms with E-state index in [-0.39, 0.29) is 11.5 Å². The molecule has 2 nitrogen and oxygen atoms in total. The summed E-state index contributed by atoms with van der Waals surface area (Å²) in [5.74, 6) is 3.82. The molecule has 1 aromatic rings. The van der Waals surface area contributed by atoms with Gasteiger partial charge in [0, 0.05) is 17.0 Å². The van der Waals surface area contributed by atoms with Gasteiger partial charge in [-0.1, -0.05) is 46.8 Å². The van der Waals surface area contributed by atoms with Gasteiger partial charge in [-0.05, 0) is 103 Å². The van der Waals surface area contributed by atoms with E-state index in [1.54, 1.807) is 0 Å². The summed E-state index contributed by atoms with van der Waals surface area (Å²) in [6.45, 7) is 12.1. The summed E-state index contributed by atoms with van der Waals surface area (Å²) >= 11 is 0. The number of rotatable bonds is 0. The largest absolute Gasteiger partial charge is 0.393 e. The summed E-state index contributed by atoms with van der Waals surface area (Å²) in [5.41, 5.74) is 6.71. The van der Waals surface area contributed by atoms with Crippen LogP contribution in [0.5, 0.6) is 0 Å². The molecule has 0 amide bonds. The van der Waals surface area contributed by atoms with E-state index in [0.29, 0.717) is 16.7 Å². The number of aliphatic hydroxyl groups excluding tert-OH is 1. The van der Waals surface area contributed by atoms with Crippen molar-refractivity contribution in [2.75, 3.05) is 0 Å². The lowest BCUT2D eigenvalue weighted by Crippen LogP contribution is -2.54. The summed E-state index contributed by atoms with van der Waals surface area (Å²) in [6.07, 6.45) is 10.0. The van der Waals surface area contributed by atoms with Gasteiger partial charge >= 0.3 is 0 Å². The molecule has 1 aromatic carbocycles. The van der Waals surface area contributed by atoms with Crippen LogP contribution in [0.3, 0.4) is 0 Å². The SMILES string of the molecule is CC(C)(C)c1ccc2c(c1)C1C[C@H]3[C@H]4CCC5C[C@H](O)CC[C@]5(C)[C@H]4CC[C@]3(C)C1=N2. The molecule has 1 N–H and O–H groups in total. The van der Waals surface area contributed by atoms with Crippen molar-refractivity contribution in [1.29, 1.82) is 0 Å². The topological polar surface area (TPSA) is 32.6 Å². The lowest BCUT2D eigenvalue weighted by atomic mass is 9.45. The Bertz CT molecular complexity index is 941. The van der Waals surface area contributed by atoms with Gasteiger partial charge in [-0.2, -0.15) is 0 Å². The molecule has 0 radical (unpaired) electrons. The van der Waals surface area contributed by atoms with Gasteiger partial charge in [0.05, 0.1) is 11.8 Å². The maximum absolute atomic E-state index is 10.3. The van der Waals surface area contributed by atoms with E-state index in [4.69, 9.17) is 4.99 Å². The second kappa shape index (κ2) is 6.46. The van der Waals surface area contributed by atoms with Crippen LogP contribution in [0.1, 0.15) is 103 Å². The normalized spacial score (nSPS) is 45.8. The lowest BCUT2D eigenvalue weighted by molar-refractivity contribution is -0.114. The lowest BCUT2D eigenvalue weighted by Gasteiger charge is -2.60. The number of hydrogen-bond donors (Lipinski definition) is 1. The molecule has 0 bridgehead atoms. The van der Waals surface area contributed by atoms with Crippen molar-refractivity contribution in [2.24, 2.45) is 39.5 Å². The molecule has 4 saturated carbocycles. The van der Waals surface area contributed by atoms with Crippen LogP contribution in [-0.2, 0) is 5.41 Å². The molecule has 2 heteroatoms. The molecule has 0 saturated heterocycles. The summed E-state index contributed by atoms with van der Waals surface area (Å²) < 4.78 is 0. The highest BCUT2D eigenvalue weighted by Gasteiger charge is 2.62. The Morgan fingerprint density at radius 2 is 1.77 bits per heavy atom. The van der Waals surface area contributed by atoms with Crippen molar-refractivity contribution in [3.8, 4) is 0 Å². The second-order valence-electron chi connectivity index (χ2n) is 13.4. The van der Waals surface area contributed by atoms with Crippen molar-refractivity contribution < 1.29 is 5.11 Å². The molecular formula is C29H41NO. The second-order valence-corrected chi connectivity index (χ2v) is 13.4. The van der Waals surface area contributed by atoms with Crippen molar-refractivity contribution in [3.05, 3.63) is 29.3 Å². The van der Waals surface area contributed by atoms with Gasteiger partial charge in [0.2, 0.25) is 0 Å². The van der Waals surface area contributed by atoms with Gasteiger partial charge in [-0.15, -0.1) is 0 Å². The van der Waals surface area contributed by atoms with Crippen LogP contribution in [-0.4, -0.2) is 16.9 Å². The average Bonchev–Trinajstić information content (AvgIpc) is 3.22. The number of benzene rings is 1. The Labute approximate surface area is 188 Å². The molecule has 5 aliphatic rings. The molecule has 31 heavy (non-hydrogen) atoms. The molecule has 1 aliphatic heterocycles. The fourth-order valence-corrected chi connectivity index (χ4v) is 9.08. The zero-order chi connectivity index (χ0) is 21.8. The maximum Gasteiger partial charge on any atom is 0.0668 e. The molecule has 8 atom stereocenters. The van der Waals surface area contributed by atoms with Crippen LogP contribution >= 0.6 is 0 Å². The minimum atomic E-state index is -0.0443. The Balaban J connectivity index is 1.33. The Kier molecular flexibility index (Phi) is 4.26. The van der Waals surface area contributed by atoms with Gasteiger partial charge in [0.1, 0.15) is 0 Å². The fourth-order valence-electron chi connectivity index (χ4n) is 9.08. The van der Waals surface area contributed by atoms with Gasteiger partial charge in [-0.25, -0.2) is 0 Å². The number of fused-ring (bicyclic) bond motifs is 9. The molecule has 4 fully saturated rings. The number of aliphatic imine (C=N–C) groups is 1. The first-order chi connectivity index (χ1) is 14.6. The number of nitrogens with zero attached hydrogens (tertiary/aromatic N) is 1. The van der Waals surface area contributed by atoms with Crippen LogP contribution in [0.2, 0.25) is 0 Å². The molecule has 0 aromatic heterocycles. The maximum atomic E-state index is 10.3. The van der Waals surface area contributed by atoms with E-state index < -0.39 is 0 Å². The minimum absolute atomic E-state index is 0.0443. The third kappa shape index (κ3) is 2.76. The molecule has 2 unspecified atom stereocenters. The van der Waals surface area contributed by atoms with Gasteiger partial charge in [0.25, 0.3) is 0 Å². The smallest absolute Gasteiger partial charge is 0.0668 e. The van der Waals surface area contributed by atoms with Crippen molar-refractivity contribution >= 4 is 11.4 Å². The monoisotopic (exact) mass is 419 g/mol. The standard InChI is InChI=1S/C29H41NO/c1-27(2,3)17-7-9-25-21(15-17)22-16-24-20-8-6-18-14-19(31)10-12-28(18,4)23(20)11-13-29(24,5)26(22)30-25/h7,9,15,18-20,22-24,31H,6,8,10-14,16H2,1-5H3/t18?,19-,20+,22?,23+,24+,28+,29+/m1/s1. The number of aliphatic hydroxyl groups is 1. The summed E-state index contributed by atoms with van der Waals surface area (Å²) in [4.78, 5) is 5.32. The summed E-state index contributed by atoms with van der Waals surface area (Å²) in [7, 11) is 0. The molecule has 4 aliphatic carbocycles. The average molecular weight is 420 g/mol. The van der Waals surface area contributed by atoms with E-state index in [1.807, 2.05) is 0 Å². The van der Waals surface area contributed by atoms with Gasteiger partial charge in [-0.3, -0.25) is 4.99 Å². The van der Waals surface area contributed by atoms with Crippen molar-refractivity contribution in [2.45, 2.75) is 103 Å². The van der Waals surface area contributed by atoms with E-state index in [9.17, 15) is 5.11 Å². The fraction of sp³-hybridized carbons (Fsp3) is 0.759. The zero-order valence-electron chi connectivity index (χ0n) is 20.2. The molecule has 6 rings (SSSR count). The number of hydrogen-bond acceptors (Lipinski definition) is 2. The van der Waals surface area contributed by atoms with Crippen LogP contribution < -0.4 is 0 Å². The first-order valence-corrected chi connectivity index (χ1v) is 13.0. The van der Waals surface area contributed by atoms with Crippen LogP contribution in [0.15, 0.2) is 23.2 Å². The van der Waals surface area contributed by atoms with E-state index >= 15 is 0 Å². The summed E-state index contributed by atoms with van der Waals surface area (Å²) in [5, 5.41) is 10.3. The Hall–Kier alpha value is -1.15. The highest BCUT2D eigenvalue weighted by Crippen LogP contribution is 2.68. The Morgan fingerprint density at radius 1 is 0.968 bits per heavy atom. The predicted octanol–water partition coefficient (Wildman–Crippen LogP) is 7.17. The third-order valence-corrected chi connectivity index (χ3v) is 10.9. The van der Waals surface area contributed by atoms with Crippen LogP contribution in [0, 0.1) is 34.5 Å². The van der Waals surface area contributed by atoms with Crippen LogP contribution in [0.25, 0.3) is 0 Å². The predicted molar refractivity (Wildman–Crippen MR) is 128 cm³/mol. The van der Waals surface area contributed by atoms with Gasteiger partial charge < -0.3 is 5.11 Å². The van der Waals surface area contributed by atoms with E-state index in [1.165, 1.54) is 61.1 Å². The highest BCUT2D eigenvalue weighted by atomic mass is 16.3. The first-order valence-electron chi connectivity index (χ1n) is 13.0. The van der Waals surface area contributed by atoms with Gasteiger partial charge in [0.15, 0.2) is 0 Å². The van der Waals surface area contributed by atoms with Crippen molar-refractivity contribution in [3.63, 3.8) is 0 Å². The summed E-state index contributed by atoms with van der Waals surface area (Å²) in [6, 6.07) is 7.10. The van der Waals surface area contributed by atoms with E-state index in [0.717, 1.165) is 36.5 Å². The Morgan fingerprint density at radius 3 is 2.55 bits per heavy atom. The highest BCUT2D eigenvalue weighted by molar-refractivity contribution is 6.04. The quantitative estimate of drug-likeness (QED) is 0.475. The first kappa shape index (κ1) is 20.5. The van der Waals surface area contributed by atoms with Crippen molar-refractivity contribution in [1.82, 2.24) is 0 Å². The molecule has 0 spiro atoms. The minimum Gasteiger partial charge on any atom is -0.393 e.